The van der Waals surface area contributed by atoms with Crippen LogP contribution in [0, 0.1) is 0 Å². The molecule has 1 N–H and O–H groups in total. The predicted molar refractivity (Wildman–Crippen MR) is 121 cm³/mol. The molecule has 2 fully saturated rings. The molecule has 168 valence electrons. The highest BCUT2D eigenvalue weighted by Crippen LogP contribution is 2.28. The van der Waals surface area contributed by atoms with E-state index in [9.17, 15) is 13.2 Å². The van der Waals surface area contributed by atoms with Crippen molar-refractivity contribution >= 4 is 38.9 Å². The number of halogens is 1. The van der Waals surface area contributed by atoms with Gasteiger partial charge >= 0.3 is 0 Å². The van der Waals surface area contributed by atoms with E-state index >= 15 is 0 Å². The molecule has 2 saturated heterocycles. The monoisotopic (exact) mass is 483 g/mol. The van der Waals surface area contributed by atoms with E-state index in [1.807, 2.05) is 24.3 Å². The first-order valence-corrected chi connectivity index (χ1v) is 13.1. The third kappa shape index (κ3) is 5.13. The van der Waals surface area contributed by atoms with Gasteiger partial charge in [-0.2, -0.15) is 4.31 Å². The standard InChI is InChI=1S/C21H26ClN3O4S2/c22-17-5-3-16(4-6-17)18(24-10-12-29-13-11-24)15-23-21(26)20-19(7-14-30-20)31(27,28)25-8-1-2-9-25/h3-7,14,18H,1-2,8-13,15H2,(H,23,26). The Bertz CT molecular complexity index is 998. The van der Waals surface area contributed by atoms with Crippen LogP contribution in [0.4, 0.5) is 0 Å². The minimum Gasteiger partial charge on any atom is -0.379 e. The van der Waals surface area contributed by atoms with Crippen molar-refractivity contribution in [3.63, 3.8) is 0 Å². The van der Waals surface area contributed by atoms with E-state index in [4.69, 9.17) is 16.3 Å². The summed E-state index contributed by atoms with van der Waals surface area (Å²) in [6.07, 6.45) is 1.71. The van der Waals surface area contributed by atoms with Crippen molar-refractivity contribution in [3.8, 4) is 0 Å². The maximum absolute atomic E-state index is 13.0. The number of morpholine rings is 1. The molecule has 10 heteroatoms. The third-order valence-electron chi connectivity index (χ3n) is 5.72. The normalized spacial score (nSPS) is 19.4. The van der Waals surface area contributed by atoms with Gasteiger partial charge in [0, 0.05) is 37.7 Å². The van der Waals surface area contributed by atoms with Crippen LogP contribution in [0.3, 0.4) is 0 Å². The maximum atomic E-state index is 13.0. The summed E-state index contributed by atoms with van der Waals surface area (Å²) in [4.78, 5) is 15.6. The molecule has 3 heterocycles. The Morgan fingerprint density at radius 2 is 1.77 bits per heavy atom. The smallest absolute Gasteiger partial charge is 0.262 e. The number of nitrogens with zero attached hydrogens (tertiary/aromatic N) is 2. The molecule has 2 aliphatic heterocycles. The predicted octanol–water partition coefficient (Wildman–Crippen LogP) is 2.99. The Balaban J connectivity index is 1.51. The number of amides is 1. The highest BCUT2D eigenvalue weighted by molar-refractivity contribution is 7.89. The van der Waals surface area contributed by atoms with E-state index in [-0.39, 0.29) is 21.7 Å². The van der Waals surface area contributed by atoms with Crippen molar-refractivity contribution in [2.24, 2.45) is 0 Å². The van der Waals surface area contributed by atoms with Gasteiger partial charge in [0.25, 0.3) is 5.91 Å². The molecule has 1 aromatic carbocycles. The zero-order valence-electron chi connectivity index (χ0n) is 17.1. The van der Waals surface area contributed by atoms with Crippen molar-refractivity contribution in [2.75, 3.05) is 45.9 Å². The molecular weight excluding hydrogens is 458 g/mol. The van der Waals surface area contributed by atoms with Gasteiger partial charge in [-0.25, -0.2) is 8.42 Å². The average molecular weight is 484 g/mol. The van der Waals surface area contributed by atoms with Crippen molar-refractivity contribution in [2.45, 2.75) is 23.8 Å². The minimum atomic E-state index is -3.65. The Morgan fingerprint density at radius 1 is 1.10 bits per heavy atom. The van der Waals surface area contributed by atoms with Gasteiger partial charge in [-0.1, -0.05) is 23.7 Å². The highest BCUT2D eigenvalue weighted by atomic mass is 35.5. The van der Waals surface area contributed by atoms with Gasteiger partial charge in [0.2, 0.25) is 10.0 Å². The summed E-state index contributed by atoms with van der Waals surface area (Å²) in [7, 11) is -3.65. The lowest BCUT2D eigenvalue weighted by Crippen LogP contribution is -2.44. The summed E-state index contributed by atoms with van der Waals surface area (Å²) in [6.45, 7) is 4.18. The molecule has 1 atom stereocenters. The number of benzene rings is 1. The van der Waals surface area contributed by atoms with Gasteiger partial charge in [-0.15, -0.1) is 11.3 Å². The van der Waals surface area contributed by atoms with Crippen molar-refractivity contribution in [1.82, 2.24) is 14.5 Å². The fourth-order valence-corrected chi connectivity index (χ4v) is 7.00. The zero-order valence-corrected chi connectivity index (χ0v) is 19.5. The van der Waals surface area contributed by atoms with Crippen LogP contribution in [0.25, 0.3) is 0 Å². The van der Waals surface area contributed by atoms with Gasteiger partial charge in [0.15, 0.2) is 0 Å². The van der Waals surface area contributed by atoms with Crippen LogP contribution < -0.4 is 5.32 Å². The van der Waals surface area contributed by atoms with Crippen LogP contribution in [0.1, 0.15) is 34.1 Å². The van der Waals surface area contributed by atoms with Crippen molar-refractivity contribution < 1.29 is 17.9 Å². The quantitative estimate of drug-likeness (QED) is 0.655. The largest absolute Gasteiger partial charge is 0.379 e. The van der Waals surface area contributed by atoms with Crippen molar-refractivity contribution in [1.29, 1.82) is 0 Å². The molecule has 0 radical (unpaired) electrons. The number of thiophene rings is 1. The van der Waals surface area contributed by atoms with Gasteiger partial charge in [-0.05, 0) is 42.0 Å². The number of nitrogens with one attached hydrogen (secondary N) is 1. The van der Waals surface area contributed by atoms with Crippen LogP contribution in [0.2, 0.25) is 5.02 Å². The molecule has 0 aliphatic carbocycles. The average Bonchev–Trinajstić information content (AvgIpc) is 3.49. The number of rotatable bonds is 7. The molecular formula is C21H26ClN3O4S2. The van der Waals surface area contributed by atoms with Crippen LogP contribution >= 0.6 is 22.9 Å². The Hall–Kier alpha value is -1.49. The van der Waals surface area contributed by atoms with E-state index in [1.54, 1.807) is 5.38 Å². The van der Waals surface area contributed by atoms with Gasteiger partial charge in [-0.3, -0.25) is 9.69 Å². The number of ether oxygens (including phenoxy) is 1. The Morgan fingerprint density at radius 3 is 2.45 bits per heavy atom. The summed E-state index contributed by atoms with van der Waals surface area (Å²) < 4.78 is 32.9. The second kappa shape index (κ2) is 9.97. The van der Waals surface area contributed by atoms with E-state index in [1.165, 1.54) is 10.4 Å². The number of carbonyl (C=O) groups is 1. The summed E-state index contributed by atoms with van der Waals surface area (Å²) in [5.41, 5.74) is 1.04. The second-order valence-electron chi connectivity index (χ2n) is 7.65. The molecule has 2 aromatic rings. The first-order chi connectivity index (χ1) is 15.0. The minimum absolute atomic E-state index is 0.0521. The van der Waals surface area contributed by atoms with Crippen LogP contribution in [-0.4, -0.2) is 69.5 Å². The maximum Gasteiger partial charge on any atom is 0.262 e. The Kier molecular flexibility index (Phi) is 7.30. The lowest BCUT2D eigenvalue weighted by Gasteiger charge is -2.35. The van der Waals surface area contributed by atoms with Gasteiger partial charge in [0.1, 0.15) is 9.77 Å². The number of carbonyl (C=O) groups excluding carboxylic acids is 1. The van der Waals surface area contributed by atoms with Gasteiger partial charge in [0.05, 0.1) is 19.3 Å². The molecule has 0 spiro atoms. The highest BCUT2D eigenvalue weighted by Gasteiger charge is 2.32. The second-order valence-corrected chi connectivity index (χ2v) is 10.9. The molecule has 1 aromatic heterocycles. The van der Waals surface area contributed by atoms with Crippen LogP contribution in [0.15, 0.2) is 40.6 Å². The van der Waals surface area contributed by atoms with Crippen molar-refractivity contribution in [3.05, 3.63) is 51.2 Å². The third-order valence-corrected chi connectivity index (χ3v) is 8.95. The van der Waals surface area contributed by atoms with Crippen LogP contribution in [0.5, 0.6) is 0 Å². The lowest BCUT2D eigenvalue weighted by molar-refractivity contribution is 0.0162. The molecule has 2 aliphatic rings. The van der Waals surface area contributed by atoms with E-state index in [0.29, 0.717) is 37.9 Å². The van der Waals surface area contributed by atoms with Crippen LogP contribution in [-0.2, 0) is 14.8 Å². The summed E-state index contributed by atoms with van der Waals surface area (Å²) in [5.74, 6) is -0.361. The van der Waals surface area contributed by atoms with E-state index in [2.05, 4.69) is 10.2 Å². The molecule has 31 heavy (non-hydrogen) atoms. The molecule has 1 amide bonds. The first-order valence-electron chi connectivity index (χ1n) is 10.4. The fraction of sp³-hybridized carbons (Fsp3) is 0.476. The first kappa shape index (κ1) is 22.7. The lowest BCUT2D eigenvalue weighted by atomic mass is 10.0. The molecule has 1 unspecified atom stereocenters. The van der Waals surface area contributed by atoms with E-state index in [0.717, 1.165) is 42.8 Å². The summed E-state index contributed by atoms with van der Waals surface area (Å²) >= 11 is 7.21. The Labute approximate surface area is 192 Å². The summed E-state index contributed by atoms with van der Waals surface area (Å²) in [6, 6.07) is 9.08. The topological polar surface area (TPSA) is 79.0 Å². The molecule has 4 rings (SSSR count). The molecule has 0 saturated carbocycles. The SMILES string of the molecule is O=C(NCC(c1ccc(Cl)cc1)N1CCOCC1)c1sccc1S(=O)(=O)N1CCCC1. The van der Waals surface area contributed by atoms with E-state index < -0.39 is 10.0 Å². The number of hydrogen-bond acceptors (Lipinski definition) is 6. The number of sulfonamides is 1. The van der Waals surface area contributed by atoms with Gasteiger partial charge < -0.3 is 10.1 Å². The zero-order chi connectivity index (χ0) is 21.8. The summed E-state index contributed by atoms with van der Waals surface area (Å²) in [5, 5.41) is 5.29. The molecule has 0 bridgehead atoms. The molecule has 7 nitrogen and oxygen atoms in total. The number of hydrogen-bond donors (Lipinski definition) is 1. The fourth-order valence-electron chi connectivity index (χ4n) is 4.04.